The van der Waals surface area contributed by atoms with E-state index in [2.05, 4.69) is 5.32 Å². The first kappa shape index (κ1) is 22.9. The highest BCUT2D eigenvalue weighted by molar-refractivity contribution is 5.85. The van der Waals surface area contributed by atoms with Gasteiger partial charge in [-0.05, 0) is 37.6 Å². The molecule has 0 saturated carbocycles. The van der Waals surface area contributed by atoms with Crippen LogP contribution in [0.25, 0.3) is 0 Å². The Balaban J connectivity index is 0.00000169. The number of nitrogens with zero attached hydrogens (tertiary/aromatic N) is 2. The van der Waals surface area contributed by atoms with Crippen LogP contribution >= 0.6 is 24.8 Å². The fourth-order valence-corrected chi connectivity index (χ4v) is 3.38. The van der Waals surface area contributed by atoms with Gasteiger partial charge in [-0.25, -0.2) is 0 Å². The Hall–Kier alpha value is -1.18. The number of carbonyl (C=O) groups excluding carboxylic acids is 1. The second-order valence-corrected chi connectivity index (χ2v) is 6.40. The Kier molecular flexibility index (Phi) is 8.50. The molecule has 26 heavy (non-hydrogen) atoms. The van der Waals surface area contributed by atoms with Crippen molar-refractivity contribution in [2.45, 2.75) is 19.0 Å². The Labute approximate surface area is 163 Å². The number of rotatable bonds is 2. The minimum atomic E-state index is -4.33. The van der Waals surface area contributed by atoms with Gasteiger partial charge in [0, 0.05) is 38.4 Å². The molecule has 2 fully saturated rings. The zero-order valence-corrected chi connectivity index (χ0v) is 15.9. The lowest BCUT2D eigenvalue weighted by Gasteiger charge is -2.38. The summed E-state index contributed by atoms with van der Waals surface area (Å²) in [7, 11) is 0. The highest BCUT2D eigenvalue weighted by atomic mass is 35.5. The zero-order valence-electron chi connectivity index (χ0n) is 14.3. The minimum absolute atomic E-state index is 0. The summed E-state index contributed by atoms with van der Waals surface area (Å²) in [6.07, 6.45) is -2.40. The molecule has 1 amide bonds. The van der Waals surface area contributed by atoms with Crippen molar-refractivity contribution >= 4 is 36.4 Å². The number of anilines is 1. The Morgan fingerprint density at radius 1 is 1.12 bits per heavy atom. The lowest BCUT2D eigenvalue weighted by atomic mass is 9.98. The van der Waals surface area contributed by atoms with E-state index in [0.29, 0.717) is 31.9 Å². The van der Waals surface area contributed by atoms with Gasteiger partial charge in [0.1, 0.15) is 0 Å². The van der Waals surface area contributed by atoms with Gasteiger partial charge in [0.2, 0.25) is 5.91 Å². The van der Waals surface area contributed by atoms with E-state index in [4.69, 9.17) is 0 Å². The van der Waals surface area contributed by atoms with Gasteiger partial charge in [-0.3, -0.25) is 4.79 Å². The van der Waals surface area contributed by atoms with Gasteiger partial charge in [-0.15, -0.1) is 24.8 Å². The van der Waals surface area contributed by atoms with E-state index in [1.807, 2.05) is 9.80 Å². The molecule has 1 aromatic rings. The molecular weight excluding hydrogens is 390 g/mol. The summed E-state index contributed by atoms with van der Waals surface area (Å²) in [6, 6.07) is 5.39. The standard InChI is InChI=1S/C17H22F3N3O.2ClH/c18-17(19,20)14-4-1-5-15(11-14)22-7-9-23(10-8-22)16(24)13-3-2-6-21-12-13;;/h1,4-5,11,13,21H,2-3,6-10,12H2;2*1H. The number of alkyl halides is 3. The van der Waals surface area contributed by atoms with Gasteiger partial charge < -0.3 is 15.1 Å². The fourth-order valence-electron chi connectivity index (χ4n) is 3.38. The van der Waals surface area contributed by atoms with Crippen molar-refractivity contribution in [3.05, 3.63) is 29.8 Å². The lowest BCUT2D eigenvalue weighted by Crippen LogP contribution is -2.52. The maximum absolute atomic E-state index is 12.8. The number of amides is 1. The van der Waals surface area contributed by atoms with Crippen LogP contribution in [0.5, 0.6) is 0 Å². The molecule has 2 aliphatic heterocycles. The minimum Gasteiger partial charge on any atom is -0.368 e. The molecule has 1 unspecified atom stereocenters. The Bertz CT molecular complexity index is 587. The molecule has 0 aromatic heterocycles. The monoisotopic (exact) mass is 413 g/mol. The van der Waals surface area contributed by atoms with Crippen molar-refractivity contribution < 1.29 is 18.0 Å². The average molecular weight is 414 g/mol. The van der Waals surface area contributed by atoms with Crippen LogP contribution in [0, 0.1) is 5.92 Å². The second kappa shape index (κ2) is 9.67. The van der Waals surface area contributed by atoms with Crippen molar-refractivity contribution in [1.82, 2.24) is 10.2 Å². The quantitative estimate of drug-likeness (QED) is 0.808. The van der Waals surface area contributed by atoms with Crippen LogP contribution in [0.3, 0.4) is 0 Å². The summed E-state index contributed by atoms with van der Waals surface area (Å²) in [4.78, 5) is 16.3. The molecule has 148 valence electrons. The number of benzene rings is 1. The Morgan fingerprint density at radius 2 is 1.81 bits per heavy atom. The molecule has 4 nitrogen and oxygen atoms in total. The largest absolute Gasteiger partial charge is 0.416 e. The maximum Gasteiger partial charge on any atom is 0.416 e. The van der Waals surface area contributed by atoms with Crippen molar-refractivity contribution in [3.63, 3.8) is 0 Å². The van der Waals surface area contributed by atoms with E-state index in [1.54, 1.807) is 6.07 Å². The molecule has 0 bridgehead atoms. The number of carbonyl (C=O) groups is 1. The van der Waals surface area contributed by atoms with E-state index in [9.17, 15) is 18.0 Å². The first-order valence-electron chi connectivity index (χ1n) is 8.37. The third kappa shape index (κ3) is 5.41. The van der Waals surface area contributed by atoms with Gasteiger partial charge in [-0.2, -0.15) is 13.2 Å². The average Bonchev–Trinajstić information content (AvgIpc) is 2.61. The van der Waals surface area contributed by atoms with Crippen LogP contribution in [0.1, 0.15) is 18.4 Å². The second-order valence-electron chi connectivity index (χ2n) is 6.40. The molecule has 1 aromatic carbocycles. The van der Waals surface area contributed by atoms with Crippen LogP contribution < -0.4 is 10.2 Å². The zero-order chi connectivity index (χ0) is 17.2. The van der Waals surface area contributed by atoms with Crippen LogP contribution in [0.15, 0.2) is 24.3 Å². The number of piperazine rings is 1. The summed E-state index contributed by atoms with van der Waals surface area (Å²) in [6.45, 7) is 3.94. The van der Waals surface area contributed by atoms with Gasteiger partial charge in [0.15, 0.2) is 0 Å². The summed E-state index contributed by atoms with van der Waals surface area (Å²) < 4.78 is 38.5. The molecule has 2 saturated heterocycles. The van der Waals surface area contributed by atoms with Crippen LogP contribution in [0.4, 0.5) is 18.9 Å². The van der Waals surface area contributed by atoms with E-state index in [1.165, 1.54) is 12.1 Å². The summed E-state index contributed by atoms with van der Waals surface area (Å²) in [5, 5.41) is 3.25. The predicted octanol–water partition coefficient (Wildman–Crippen LogP) is 3.20. The van der Waals surface area contributed by atoms with Crippen molar-refractivity contribution in [2.24, 2.45) is 5.92 Å². The number of hydrogen-bond donors (Lipinski definition) is 1. The van der Waals surface area contributed by atoms with Crippen LogP contribution in [-0.4, -0.2) is 50.1 Å². The molecule has 0 spiro atoms. The molecular formula is C17H24Cl2F3N3O. The number of hydrogen-bond acceptors (Lipinski definition) is 3. The molecule has 1 N–H and O–H groups in total. The van der Waals surface area contributed by atoms with E-state index >= 15 is 0 Å². The first-order chi connectivity index (χ1) is 11.4. The predicted molar refractivity (Wildman–Crippen MR) is 100 cm³/mol. The topological polar surface area (TPSA) is 35.6 Å². The van der Waals surface area contributed by atoms with E-state index in [-0.39, 0.29) is 36.6 Å². The van der Waals surface area contributed by atoms with E-state index < -0.39 is 11.7 Å². The highest BCUT2D eigenvalue weighted by Crippen LogP contribution is 2.32. The number of nitrogens with one attached hydrogen (secondary N) is 1. The number of piperidine rings is 1. The van der Waals surface area contributed by atoms with Gasteiger partial charge in [0.25, 0.3) is 0 Å². The summed E-state index contributed by atoms with van der Waals surface area (Å²) in [5.41, 5.74) is -0.0666. The highest BCUT2D eigenvalue weighted by Gasteiger charge is 2.32. The molecule has 0 aliphatic carbocycles. The lowest BCUT2D eigenvalue weighted by molar-refractivity contribution is -0.137. The molecule has 3 rings (SSSR count). The van der Waals surface area contributed by atoms with Crippen molar-refractivity contribution in [1.29, 1.82) is 0 Å². The normalized spacial score (nSPS) is 20.8. The van der Waals surface area contributed by atoms with Gasteiger partial charge in [0.05, 0.1) is 11.5 Å². The smallest absolute Gasteiger partial charge is 0.368 e. The van der Waals surface area contributed by atoms with Gasteiger partial charge >= 0.3 is 6.18 Å². The molecule has 1 atom stereocenters. The Morgan fingerprint density at radius 3 is 2.38 bits per heavy atom. The van der Waals surface area contributed by atoms with Crippen LogP contribution in [-0.2, 0) is 11.0 Å². The summed E-state index contributed by atoms with van der Waals surface area (Å²) >= 11 is 0. The van der Waals surface area contributed by atoms with Gasteiger partial charge in [-0.1, -0.05) is 6.07 Å². The third-order valence-electron chi connectivity index (χ3n) is 4.78. The summed E-state index contributed by atoms with van der Waals surface area (Å²) in [5.74, 6) is 0.213. The maximum atomic E-state index is 12.8. The molecule has 9 heteroatoms. The first-order valence-corrected chi connectivity index (χ1v) is 8.37. The van der Waals surface area contributed by atoms with E-state index in [0.717, 1.165) is 32.0 Å². The molecule has 2 heterocycles. The van der Waals surface area contributed by atoms with Crippen molar-refractivity contribution in [3.8, 4) is 0 Å². The fraction of sp³-hybridized carbons (Fsp3) is 0.588. The van der Waals surface area contributed by atoms with Crippen LogP contribution in [0.2, 0.25) is 0 Å². The molecule has 2 aliphatic rings. The molecule has 0 radical (unpaired) electrons. The van der Waals surface area contributed by atoms with Crippen molar-refractivity contribution in [2.75, 3.05) is 44.2 Å². The number of halogens is 5. The third-order valence-corrected chi connectivity index (χ3v) is 4.78. The SMILES string of the molecule is Cl.Cl.O=C(C1CCCNC1)N1CCN(c2cccc(C(F)(F)F)c2)CC1.